The van der Waals surface area contributed by atoms with Gasteiger partial charge in [0.1, 0.15) is 0 Å². The van der Waals surface area contributed by atoms with E-state index in [1.807, 2.05) is 17.0 Å². The number of hydrogen-bond acceptors (Lipinski definition) is 6. The highest BCUT2D eigenvalue weighted by Crippen LogP contribution is 2.32. The Balaban J connectivity index is 1.50. The smallest absolute Gasteiger partial charge is 0.291 e. The number of oxazole rings is 1. The first-order chi connectivity index (χ1) is 12.3. The normalized spacial score (nSPS) is 21.6. The number of nitrogens with zero attached hydrogens (tertiary/aromatic N) is 4. The van der Waals surface area contributed by atoms with Crippen LogP contribution in [0.1, 0.15) is 40.8 Å². The largest absolute Gasteiger partial charge is 0.438 e. The van der Waals surface area contributed by atoms with Crippen molar-refractivity contribution in [2.75, 3.05) is 32.8 Å². The molecule has 2 aromatic rings. The Hall–Kier alpha value is -2.25. The van der Waals surface area contributed by atoms with E-state index in [2.05, 4.69) is 16.0 Å². The van der Waals surface area contributed by atoms with Crippen LogP contribution in [0.4, 0.5) is 0 Å². The topological polar surface area (TPSA) is 71.7 Å². The average Bonchev–Trinajstić information content (AvgIpc) is 3.34. The predicted octanol–water partition coefficient (Wildman–Crippen LogP) is 1.88. The molecule has 25 heavy (non-hydrogen) atoms. The Morgan fingerprint density at radius 3 is 2.92 bits per heavy atom. The third-order valence-corrected chi connectivity index (χ3v) is 4.82. The molecule has 0 spiro atoms. The van der Waals surface area contributed by atoms with Gasteiger partial charge in [0.25, 0.3) is 5.91 Å². The molecule has 0 bridgehead atoms. The van der Waals surface area contributed by atoms with Gasteiger partial charge in [0, 0.05) is 26.2 Å². The van der Waals surface area contributed by atoms with Crippen LogP contribution in [0.3, 0.4) is 0 Å². The summed E-state index contributed by atoms with van der Waals surface area (Å²) in [5.74, 6) is 0.178. The summed E-state index contributed by atoms with van der Waals surface area (Å²) < 4.78 is 10.6. The standard InChI is InChI=1S/C18H22N4O3/c23-18(17-11-19-13-25-17)22-6-2-5-16(22)15-4-1-3-14(20-15)12-21-7-9-24-10-8-21/h1,3-4,11,13,16H,2,5-10,12H2/t16-/m0/s1. The summed E-state index contributed by atoms with van der Waals surface area (Å²) in [6.45, 7) is 4.97. The van der Waals surface area contributed by atoms with Gasteiger partial charge in [0.05, 0.1) is 36.8 Å². The minimum atomic E-state index is -0.111. The van der Waals surface area contributed by atoms with E-state index in [1.54, 1.807) is 0 Å². The second-order valence-corrected chi connectivity index (χ2v) is 6.46. The molecular weight excluding hydrogens is 320 g/mol. The van der Waals surface area contributed by atoms with Crippen molar-refractivity contribution in [3.05, 3.63) is 47.9 Å². The lowest BCUT2D eigenvalue weighted by molar-refractivity contribution is 0.0336. The third kappa shape index (κ3) is 3.57. The molecule has 1 amide bonds. The maximum absolute atomic E-state index is 12.6. The van der Waals surface area contributed by atoms with Crippen molar-refractivity contribution in [1.29, 1.82) is 0 Å². The zero-order chi connectivity index (χ0) is 17.1. The Morgan fingerprint density at radius 2 is 2.12 bits per heavy atom. The Bertz CT molecular complexity index is 713. The van der Waals surface area contributed by atoms with Crippen molar-refractivity contribution in [1.82, 2.24) is 19.8 Å². The maximum atomic E-state index is 12.6. The van der Waals surface area contributed by atoms with Crippen LogP contribution in [-0.2, 0) is 11.3 Å². The number of ether oxygens (including phenoxy) is 1. The zero-order valence-electron chi connectivity index (χ0n) is 14.1. The number of morpholine rings is 1. The van der Waals surface area contributed by atoms with Crippen molar-refractivity contribution < 1.29 is 13.9 Å². The summed E-state index contributed by atoms with van der Waals surface area (Å²) in [4.78, 5) is 25.5. The van der Waals surface area contributed by atoms with Crippen molar-refractivity contribution in [3.63, 3.8) is 0 Å². The van der Waals surface area contributed by atoms with E-state index in [0.29, 0.717) is 0 Å². The molecule has 2 aliphatic heterocycles. The summed E-state index contributed by atoms with van der Waals surface area (Å²) in [6, 6.07) is 6.10. The molecule has 0 aliphatic carbocycles. The van der Waals surface area contributed by atoms with Crippen molar-refractivity contribution in [2.45, 2.75) is 25.4 Å². The lowest BCUT2D eigenvalue weighted by Crippen LogP contribution is -2.36. The van der Waals surface area contributed by atoms with E-state index >= 15 is 0 Å². The number of amides is 1. The van der Waals surface area contributed by atoms with Crippen molar-refractivity contribution in [2.24, 2.45) is 0 Å². The molecule has 0 unspecified atom stereocenters. The van der Waals surface area contributed by atoms with Gasteiger partial charge < -0.3 is 14.1 Å². The van der Waals surface area contributed by atoms with Gasteiger partial charge in [-0.05, 0) is 25.0 Å². The quantitative estimate of drug-likeness (QED) is 0.845. The van der Waals surface area contributed by atoms with Crippen LogP contribution in [0.2, 0.25) is 0 Å². The molecule has 4 rings (SSSR count). The number of aromatic nitrogens is 2. The van der Waals surface area contributed by atoms with E-state index in [0.717, 1.165) is 63.6 Å². The molecule has 2 aliphatic rings. The van der Waals surface area contributed by atoms with Gasteiger partial charge in [-0.1, -0.05) is 6.07 Å². The van der Waals surface area contributed by atoms with Gasteiger partial charge in [-0.3, -0.25) is 14.7 Å². The van der Waals surface area contributed by atoms with Crippen LogP contribution in [-0.4, -0.2) is 58.5 Å². The summed E-state index contributed by atoms with van der Waals surface area (Å²) in [6.07, 6.45) is 4.66. The van der Waals surface area contributed by atoms with Crippen LogP contribution in [0, 0.1) is 0 Å². The molecule has 2 fully saturated rings. The van der Waals surface area contributed by atoms with E-state index in [4.69, 9.17) is 14.1 Å². The molecule has 132 valence electrons. The predicted molar refractivity (Wildman–Crippen MR) is 89.8 cm³/mol. The van der Waals surface area contributed by atoms with E-state index in [-0.39, 0.29) is 17.7 Å². The number of pyridine rings is 1. The Morgan fingerprint density at radius 1 is 1.24 bits per heavy atom. The lowest BCUT2D eigenvalue weighted by atomic mass is 10.1. The fourth-order valence-corrected chi connectivity index (χ4v) is 3.54. The van der Waals surface area contributed by atoms with Crippen molar-refractivity contribution in [3.8, 4) is 0 Å². The van der Waals surface area contributed by atoms with E-state index < -0.39 is 0 Å². The number of rotatable bonds is 4. The highest BCUT2D eigenvalue weighted by atomic mass is 16.5. The highest BCUT2D eigenvalue weighted by Gasteiger charge is 2.33. The summed E-state index contributed by atoms with van der Waals surface area (Å²) >= 11 is 0. The zero-order valence-corrected chi connectivity index (χ0v) is 14.1. The lowest BCUT2D eigenvalue weighted by Gasteiger charge is -2.27. The average molecular weight is 342 g/mol. The fourth-order valence-electron chi connectivity index (χ4n) is 3.54. The summed E-state index contributed by atoms with van der Waals surface area (Å²) in [7, 11) is 0. The van der Waals surface area contributed by atoms with Gasteiger partial charge in [-0.25, -0.2) is 4.98 Å². The number of carbonyl (C=O) groups excluding carboxylic acids is 1. The number of hydrogen-bond donors (Lipinski definition) is 0. The molecule has 2 aromatic heterocycles. The van der Waals surface area contributed by atoms with Crippen LogP contribution >= 0.6 is 0 Å². The minimum Gasteiger partial charge on any atom is -0.438 e. The highest BCUT2D eigenvalue weighted by molar-refractivity contribution is 5.91. The van der Waals surface area contributed by atoms with Crippen LogP contribution in [0.5, 0.6) is 0 Å². The molecule has 7 nitrogen and oxygen atoms in total. The molecule has 0 N–H and O–H groups in total. The summed E-state index contributed by atoms with van der Waals surface area (Å²) in [5, 5.41) is 0. The molecule has 1 atom stereocenters. The second kappa shape index (κ2) is 7.33. The van der Waals surface area contributed by atoms with Crippen LogP contribution < -0.4 is 0 Å². The third-order valence-electron chi connectivity index (χ3n) is 4.82. The molecule has 0 aromatic carbocycles. The SMILES string of the molecule is O=C(c1cnco1)N1CCC[C@H]1c1cccc(CN2CCOCC2)n1. The van der Waals surface area contributed by atoms with E-state index in [9.17, 15) is 4.79 Å². The maximum Gasteiger partial charge on any atom is 0.291 e. The van der Waals surface area contributed by atoms with Gasteiger partial charge in [0.15, 0.2) is 6.39 Å². The van der Waals surface area contributed by atoms with Crippen LogP contribution in [0.15, 0.2) is 35.2 Å². The minimum absolute atomic E-state index is 0.00207. The monoisotopic (exact) mass is 342 g/mol. The molecule has 0 saturated carbocycles. The molecule has 4 heterocycles. The number of carbonyl (C=O) groups is 1. The number of likely N-dealkylation sites (tertiary alicyclic amines) is 1. The van der Waals surface area contributed by atoms with Gasteiger partial charge in [-0.15, -0.1) is 0 Å². The summed E-state index contributed by atoms with van der Waals surface area (Å²) in [5.41, 5.74) is 1.99. The molecule has 0 radical (unpaired) electrons. The Kier molecular flexibility index (Phi) is 4.76. The second-order valence-electron chi connectivity index (χ2n) is 6.46. The van der Waals surface area contributed by atoms with Crippen molar-refractivity contribution >= 4 is 5.91 Å². The Labute approximate surface area is 146 Å². The molecule has 2 saturated heterocycles. The molecule has 7 heteroatoms. The first-order valence-electron chi connectivity index (χ1n) is 8.76. The van der Waals surface area contributed by atoms with E-state index in [1.165, 1.54) is 12.6 Å². The fraction of sp³-hybridized carbons (Fsp3) is 0.500. The molecular formula is C18H22N4O3. The van der Waals surface area contributed by atoms with Gasteiger partial charge in [-0.2, -0.15) is 0 Å². The van der Waals surface area contributed by atoms with Gasteiger partial charge >= 0.3 is 0 Å². The van der Waals surface area contributed by atoms with Crippen LogP contribution in [0.25, 0.3) is 0 Å². The van der Waals surface area contributed by atoms with Gasteiger partial charge in [0.2, 0.25) is 5.76 Å². The first-order valence-corrected chi connectivity index (χ1v) is 8.76. The first kappa shape index (κ1) is 16.2.